The number of aromatic carboxylic acids is 1. The van der Waals surface area contributed by atoms with Crippen LogP contribution in [0.1, 0.15) is 10.5 Å². The number of aryl methyl sites for hydroxylation is 1. The molecule has 0 spiro atoms. The molecular weight excluding hydrogens is 258 g/mol. The van der Waals surface area contributed by atoms with Crippen molar-refractivity contribution in [1.29, 1.82) is 0 Å². The van der Waals surface area contributed by atoms with E-state index >= 15 is 0 Å². The summed E-state index contributed by atoms with van der Waals surface area (Å²) in [6, 6.07) is 1.68. The van der Waals surface area contributed by atoms with Crippen molar-refractivity contribution in [2.45, 2.75) is 6.54 Å². The fourth-order valence-corrected chi connectivity index (χ4v) is 1.70. The molecule has 0 aliphatic carbocycles. The maximum Gasteiger partial charge on any atom is 0.358 e. The second kappa shape index (κ2) is 4.61. The van der Waals surface area contributed by atoms with Crippen molar-refractivity contribution in [2.75, 3.05) is 0 Å². The molecule has 8 heteroatoms. The topological polar surface area (TPSA) is 85.8 Å². The number of aromatic nitrogens is 5. The van der Waals surface area contributed by atoms with E-state index in [9.17, 15) is 4.79 Å². The van der Waals surface area contributed by atoms with Crippen LogP contribution in [0.3, 0.4) is 0 Å². The van der Waals surface area contributed by atoms with Crippen LogP contribution in [0.4, 0.5) is 0 Å². The van der Waals surface area contributed by atoms with Crippen LogP contribution in [0.5, 0.6) is 0 Å². The van der Waals surface area contributed by atoms with E-state index in [0.717, 1.165) is 0 Å². The summed E-state index contributed by atoms with van der Waals surface area (Å²) < 4.78 is 2.93. The van der Waals surface area contributed by atoms with E-state index in [1.165, 1.54) is 4.68 Å². The quantitative estimate of drug-likeness (QED) is 0.897. The molecule has 1 N–H and O–H groups in total. The number of allylic oxidation sites excluding steroid dienone is 1. The molecule has 2 heterocycles. The molecule has 7 nitrogen and oxygen atoms in total. The zero-order chi connectivity index (χ0) is 13.3. The van der Waals surface area contributed by atoms with E-state index in [-0.39, 0.29) is 12.2 Å². The minimum Gasteiger partial charge on any atom is -0.476 e. The smallest absolute Gasteiger partial charge is 0.358 e. The third-order valence-electron chi connectivity index (χ3n) is 2.32. The number of carboxylic acid groups (broad SMARTS) is 1. The van der Waals surface area contributed by atoms with Gasteiger partial charge in [-0.2, -0.15) is 5.10 Å². The molecule has 0 bridgehead atoms. The lowest BCUT2D eigenvalue weighted by Crippen LogP contribution is -2.07. The number of hydrogen-bond acceptors (Lipinski definition) is 4. The number of carbonyl (C=O) groups is 1. The molecule has 0 saturated carbocycles. The maximum absolute atomic E-state index is 11.1. The van der Waals surface area contributed by atoms with Crippen molar-refractivity contribution >= 4 is 17.6 Å². The standard InChI is InChI=1S/C10H10ClN5O2/c1-6(11)5-16-9(7-3-4-12-15(7)2)8(10(17)18)13-14-16/h3-4H,1,5H2,2H3,(H,17,18). The molecule has 0 unspecified atom stereocenters. The molecule has 0 aromatic carbocycles. The summed E-state index contributed by atoms with van der Waals surface area (Å²) in [7, 11) is 1.70. The van der Waals surface area contributed by atoms with Gasteiger partial charge in [0.05, 0.1) is 12.2 Å². The number of carboxylic acids is 1. The van der Waals surface area contributed by atoms with Gasteiger partial charge in [0.2, 0.25) is 0 Å². The average molecular weight is 268 g/mol. The van der Waals surface area contributed by atoms with Crippen LogP contribution in [0, 0.1) is 0 Å². The third kappa shape index (κ3) is 2.12. The van der Waals surface area contributed by atoms with Crippen LogP contribution >= 0.6 is 11.6 Å². The van der Waals surface area contributed by atoms with Crippen molar-refractivity contribution < 1.29 is 9.90 Å². The van der Waals surface area contributed by atoms with Crippen LogP contribution in [-0.4, -0.2) is 35.9 Å². The minimum atomic E-state index is -1.15. The highest BCUT2D eigenvalue weighted by Crippen LogP contribution is 2.22. The van der Waals surface area contributed by atoms with Crippen LogP contribution in [-0.2, 0) is 13.6 Å². The lowest BCUT2D eigenvalue weighted by Gasteiger charge is -2.06. The van der Waals surface area contributed by atoms with Gasteiger partial charge < -0.3 is 5.11 Å². The van der Waals surface area contributed by atoms with Crippen molar-refractivity contribution in [2.24, 2.45) is 7.05 Å². The number of hydrogen-bond donors (Lipinski definition) is 1. The fourth-order valence-electron chi connectivity index (χ4n) is 1.59. The number of rotatable bonds is 4. The van der Waals surface area contributed by atoms with Gasteiger partial charge in [0, 0.05) is 18.3 Å². The zero-order valence-electron chi connectivity index (χ0n) is 9.54. The summed E-state index contributed by atoms with van der Waals surface area (Å²) in [5.74, 6) is -1.15. The molecule has 0 fully saturated rings. The summed E-state index contributed by atoms with van der Waals surface area (Å²) in [4.78, 5) is 11.1. The van der Waals surface area contributed by atoms with Gasteiger partial charge >= 0.3 is 5.97 Å². The van der Waals surface area contributed by atoms with Gasteiger partial charge in [-0.05, 0) is 6.07 Å². The van der Waals surface area contributed by atoms with Crippen LogP contribution < -0.4 is 0 Å². The molecule has 94 valence electrons. The summed E-state index contributed by atoms with van der Waals surface area (Å²) in [6.45, 7) is 3.74. The zero-order valence-corrected chi connectivity index (χ0v) is 10.3. The van der Waals surface area contributed by atoms with E-state index in [1.54, 1.807) is 24.0 Å². The number of nitrogens with zero attached hydrogens (tertiary/aromatic N) is 5. The lowest BCUT2D eigenvalue weighted by atomic mass is 10.2. The summed E-state index contributed by atoms with van der Waals surface area (Å²) in [6.07, 6.45) is 1.56. The Bertz CT molecular complexity index is 616. The predicted molar refractivity (Wildman–Crippen MR) is 64.2 cm³/mol. The monoisotopic (exact) mass is 267 g/mol. The first-order valence-electron chi connectivity index (χ1n) is 4.99. The van der Waals surface area contributed by atoms with Gasteiger partial charge in [0.1, 0.15) is 5.69 Å². The van der Waals surface area contributed by atoms with Gasteiger partial charge in [-0.3, -0.25) is 4.68 Å². The van der Waals surface area contributed by atoms with Gasteiger partial charge in [-0.15, -0.1) is 5.10 Å². The van der Waals surface area contributed by atoms with Gasteiger partial charge in [-0.1, -0.05) is 23.4 Å². The highest BCUT2D eigenvalue weighted by atomic mass is 35.5. The Kier molecular flexibility index (Phi) is 3.15. The molecule has 0 radical (unpaired) electrons. The molecule has 0 atom stereocenters. The fraction of sp³-hybridized carbons (Fsp3) is 0.200. The summed E-state index contributed by atoms with van der Waals surface area (Å²) in [5.41, 5.74) is 0.802. The van der Waals surface area contributed by atoms with Crippen molar-refractivity contribution in [3.63, 3.8) is 0 Å². The molecule has 2 rings (SSSR count). The van der Waals surface area contributed by atoms with E-state index in [4.69, 9.17) is 16.7 Å². The van der Waals surface area contributed by atoms with Gasteiger partial charge in [0.25, 0.3) is 0 Å². The highest BCUT2D eigenvalue weighted by Gasteiger charge is 2.22. The van der Waals surface area contributed by atoms with Crippen molar-refractivity contribution in [1.82, 2.24) is 24.8 Å². The van der Waals surface area contributed by atoms with Gasteiger partial charge in [-0.25, -0.2) is 9.48 Å². The second-order valence-corrected chi connectivity index (χ2v) is 4.14. The molecule has 2 aromatic rings. The molecule has 0 aliphatic rings. The second-order valence-electron chi connectivity index (χ2n) is 3.61. The Labute approximate surface area is 107 Å². The number of halogens is 1. The van der Waals surface area contributed by atoms with Crippen molar-refractivity contribution in [3.05, 3.63) is 29.6 Å². The van der Waals surface area contributed by atoms with Crippen LogP contribution in [0.2, 0.25) is 0 Å². The van der Waals surface area contributed by atoms with Crippen LogP contribution in [0.25, 0.3) is 11.4 Å². The molecule has 0 aliphatic heterocycles. The van der Waals surface area contributed by atoms with E-state index in [1.807, 2.05) is 0 Å². The van der Waals surface area contributed by atoms with E-state index < -0.39 is 5.97 Å². The summed E-state index contributed by atoms with van der Waals surface area (Å²) >= 11 is 5.72. The predicted octanol–water partition coefficient (Wildman–Crippen LogP) is 1.13. The third-order valence-corrected chi connectivity index (χ3v) is 2.44. The molecule has 0 saturated heterocycles. The highest BCUT2D eigenvalue weighted by molar-refractivity contribution is 6.29. The van der Waals surface area contributed by atoms with E-state index in [0.29, 0.717) is 16.4 Å². The normalized spacial score (nSPS) is 10.6. The lowest BCUT2D eigenvalue weighted by molar-refractivity contribution is 0.0691. The molecule has 0 amide bonds. The summed E-state index contributed by atoms with van der Waals surface area (Å²) in [5, 5.41) is 20.8. The SMILES string of the molecule is C=C(Cl)Cn1nnc(C(=O)O)c1-c1ccnn1C. The Morgan fingerprint density at radius 3 is 2.83 bits per heavy atom. The molecular formula is C10H10ClN5O2. The van der Waals surface area contributed by atoms with Crippen LogP contribution in [0.15, 0.2) is 23.9 Å². The maximum atomic E-state index is 11.1. The Hall–Kier alpha value is -2.15. The first kappa shape index (κ1) is 12.3. The Morgan fingerprint density at radius 1 is 1.61 bits per heavy atom. The molecule has 18 heavy (non-hydrogen) atoms. The Balaban J connectivity index is 2.61. The first-order valence-corrected chi connectivity index (χ1v) is 5.37. The minimum absolute atomic E-state index is 0.142. The van der Waals surface area contributed by atoms with E-state index in [2.05, 4.69) is 22.0 Å². The first-order chi connectivity index (χ1) is 8.50. The largest absolute Gasteiger partial charge is 0.476 e. The molecule has 2 aromatic heterocycles. The average Bonchev–Trinajstić information content (AvgIpc) is 2.83. The van der Waals surface area contributed by atoms with Crippen molar-refractivity contribution in [3.8, 4) is 11.4 Å². The van der Waals surface area contributed by atoms with Gasteiger partial charge in [0.15, 0.2) is 5.69 Å². The Morgan fingerprint density at radius 2 is 2.33 bits per heavy atom.